The van der Waals surface area contributed by atoms with Crippen molar-refractivity contribution >= 4 is 20.8 Å². The first kappa shape index (κ1) is 59.9. The Hall–Kier alpha value is 0.910. The van der Waals surface area contributed by atoms with Crippen LogP contribution in [0.2, 0.25) is 0 Å². The van der Waals surface area contributed by atoms with Crippen molar-refractivity contribution in [2.45, 2.75) is 341 Å². The van der Waals surface area contributed by atoms with Crippen molar-refractivity contribution in [1.82, 2.24) is 0 Å². The molecule has 0 aromatic carbocycles. The Morgan fingerprint density at radius 3 is 0.390 bits per heavy atom. The molecule has 0 fully saturated rings. The predicted molar refractivity (Wildman–Crippen MR) is 284 cm³/mol. The van der Waals surface area contributed by atoms with Gasteiger partial charge in [-0.15, -0.1) is 0 Å². The topological polar surface area (TPSA) is 0 Å². The molecule has 0 spiro atoms. The van der Waals surface area contributed by atoms with Gasteiger partial charge in [-0.1, -0.05) is 270 Å². The van der Waals surface area contributed by atoms with Gasteiger partial charge < -0.3 is 0 Å². The van der Waals surface area contributed by atoms with Crippen LogP contribution in [-0.4, -0.2) is 26.2 Å². The molecule has 2 heteroatoms. The summed E-state index contributed by atoms with van der Waals surface area (Å²) < 4.78 is 0. The zero-order valence-electron chi connectivity index (χ0n) is 42.3. The van der Waals surface area contributed by atoms with Crippen LogP contribution >= 0.6 is 20.8 Å². The third-order valence-corrected chi connectivity index (χ3v) is 16.7. The van der Waals surface area contributed by atoms with Gasteiger partial charge in [0.25, 0.3) is 0 Å². The summed E-state index contributed by atoms with van der Waals surface area (Å²) in [7, 11) is 0. The van der Waals surface area contributed by atoms with Crippen LogP contribution in [0.4, 0.5) is 0 Å². The van der Waals surface area contributed by atoms with Crippen LogP contribution < -0.4 is 0 Å². The zero-order valence-corrected chi connectivity index (χ0v) is 44.8. The molecule has 0 saturated heterocycles. The van der Waals surface area contributed by atoms with Gasteiger partial charge in [0, 0.05) is 0 Å². The Balaban J connectivity index is 3.08. The van der Waals surface area contributed by atoms with Crippen molar-refractivity contribution in [2.75, 3.05) is 26.2 Å². The molecule has 0 atom stereocenters. The molecule has 0 saturated carbocycles. The van der Waals surface area contributed by atoms with E-state index in [4.69, 9.17) is 0 Å². The van der Waals surface area contributed by atoms with Crippen LogP contribution in [0.1, 0.15) is 341 Å². The first-order valence-corrected chi connectivity index (χ1v) is 34.3. The molecular weight excluding hydrogens is 796 g/mol. The van der Waals surface area contributed by atoms with Crippen LogP contribution in [0.5, 0.6) is 0 Å². The molecule has 59 heavy (non-hydrogen) atoms. The summed E-state index contributed by atoms with van der Waals surface area (Å²) in [6.07, 6.45) is 78.7. The van der Waals surface area contributed by atoms with Crippen molar-refractivity contribution < 1.29 is 0 Å². The Morgan fingerprint density at radius 2 is 0.288 bits per heavy atom. The van der Waals surface area contributed by atoms with E-state index in [0.29, 0.717) is 0 Å². The van der Waals surface area contributed by atoms with Gasteiger partial charge >= 0.3 is 118 Å². The molecule has 0 amide bonds. The third kappa shape index (κ3) is 58.9. The molecular formula is C57H118BrP. The minimum absolute atomic E-state index is 1.37. The average molecular weight is 914 g/mol. The molecule has 0 aromatic rings. The fraction of sp³-hybridized carbons (Fsp3) is 1.00. The normalized spacial score (nSPS) is 12.7. The van der Waals surface area contributed by atoms with Crippen molar-refractivity contribution in [1.29, 1.82) is 0 Å². The van der Waals surface area contributed by atoms with E-state index in [1.165, 1.54) is 340 Å². The SMILES string of the molecule is CCCCCCCCCCCCCCCCCCCCCCCCCCCCCCCCCCCCCCCCCCCCCCCCCCCCCCP(C)(C)(C)Br. The molecule has 0 nitrogen and oxygen atoms in total. The second kappa shape index (κ2) is 48.4. The number of unbranched alkanes of at least 4 members (excludes halogenated alkanes) is 51. The number of rotatable bonds is 53. The van der Waals surface area contributed by atoms with Crippen molar-refractivity contribution in [3.8, 4) is 0 Å². The summed E-state index contributed by atoms with van der Waals surface area (Å²) in [5.74, 6) is 0. The molecule has 358 valence electrons. The molecule has 0 unspecified atom stereocenters. The van der Waals surface area contributed by atoms with E-state index in [1.54, 1.807) is 0 Å². The molecule has 0 bridgehead atoms. The Bertz CT molecular complexity index is 744. The summed E-state index contributed by atoms with van der Waals surface area (Å²) in [4.78, 5) is 0. The van der Waals surface area contributed by atoms with Gasteiger partial charge in [0.05, 0.1) is 0 Å². The first-order valence-electron chi connectivity index (χ1n) is 28.5. The van der Waals surface area contributed by atoms with Gasteiger partial charge in [-0.3, -0.25) is 0 Å². The molecule has 0 heterocycles. The quantitative estimate of drug-likeness (QED) is 0.0421. The Labute approximate surface area is 385 Å². The third-order valence-electron chi connectivity index (χ3n) is 13.8. The Kier molecular flexibility index (Phi) is 49.1. The van der Waals surface area contributed by atoms with Gasteiger partial charge in [0.15, 0.2) is 0 Å². The predicted octanol–water partition coefficient (Wildman–Crippen LogP) is 23.0. The Morgan fingerprint density at radius 1 is 0.186 bits per heavy atom. The first-order chi connectivity index (χ1) is 28.8. The van der Waals surface area contributed by atoms with E-state index in [2.05, 4.69) is 42.4 Å². The fourth-order valence-electron chi connectivity index (χ4n) is 9.56. The van der Waals surface area contributed by atoms with E-state index in [-0.39, 0.29) is 0 Å². The maximum atomic E-state index is 4.00. The van der Waals surface area contributed by atoms with Crippen LogP contribution in [0.25, 0.3) is 0 Å². The molecule has 0 aromatic heterocycles. The standard InChI is InChI=1S/C57H118BrP/c1-5-6-7-8-9-10-11-12-13-14-15-16-17-18-19-20-21-22-23-24-25-26-27-28-29-30-31-32-33-34-35-36-37-38-39-40-41-42-43-44-45-46-47-48-49-50-51-52-53-54-55-56-57-59(2,3,4)58/h5-57H2,1-4H3. The molecule has 0 rings (SSSR count). The van der Waals surface area contributed by atoms with E-state index < -0.39 is 5.31 Å². The zero-order chi connectivity index (χ0) is 42.9. The maximum absolute atomic E-state index is 4.00. The van der Waals surface area contributed by atoms with E-state index in [9.17, 15) is 0 Å². The number of hydrogen-bond donors (Lipinski definition) is 0. The van der Waals surface area contributed by atoms with Crippen molar-refractivity contribution in [3.63, 3.8) is 0 Å². The second-order valence-electron chi connectivity index (χ2n) is 21.7. The van der Waals surface area contributed by atoms with Gasteiger partial charge in [-0.05, 0) is 0 Å². The molecule has 0 N–H and O–H groups in total. The van der Waals surface area contributed by atoms with Crippen molar-refractivity contribution in [3.05, 3.63) is 0 Å². The summed E-state index contributed by atoms with van der Waals surface area (Å²) in [6.45, 7) is 9.65. The van der Waals surface area contributed by atoms with Crippen LogP contribution in [0, 0.1) is 0 Å². The number of hydrogen-bond acceptors (Lipinski definition) is 0. The van der Waals surface area contributed by atoms with Gasteiger partial charge in [0.1, 0.15) is 0 Å². The van der Waals surface area contributed by atoms with Crippen LogP contribution in [0.3, 0.4) is 0 Å². The van der Waals surface area contributed by atoms with Crippen LogP contribution in [0.15, 0.2) is 0 Å². The van der Waals surface area contributed by atoms with Gasteiger partial charge in [-0.2, -0.15) is 0 Å². The monoisotopic (exact) mass is 913 g/mol. The van der Waals surface area contributed by atoms with Gasteiger partial charge in [-0.25, -0.2) is 0 Å². The summed E-state index contributed by atoms with van der Waals surface area (Å²) in [5, 5.41) is -1.44. The molecule has 0 aliphatic rings. The average Bonchev–Trinajstić information content (AvgIpc) is 3.20. The second-order valence-corrected chi connectivity index (χ2v) is 35.8. The summed E-state index contributed by atoms with van der Waals surface area (Å²) in [6, 6.07) is 0. The van der Waals surface area contributed by atoms with E-state index in [1.807, 2.05) is 0 Å². The van der Waals surface area contributed by atoms with Crippen LogP contribution in [-0.2, 0) is 0 Å². The summed E-state index contributed by atoms with van der Waals surface area (Å²) >= 11 is 4.00. The number of halogens is 1. The minimum atomic E-state index is -1.44. The molecule has 0 aliphatic heterocycles. The molecule has 0 radical (unpaired) electrons. The van der Waals surface area contributed by atoms with Crippen molar-refractivity contribution in [2.24, 2.45) is 0 Å². The fourth-order valence-corrected chi connectivity index (χ4v) is 11.6. The summed E-state index contributed by atoms with van der Waals surface area (Å²) in [5.41, 5.74) is 0. The molecule has 0 aliphatic carbocycles. The van der Waals surface area contributed by atoms with E-state index >= 15 is 0 Å². The van der Waals surface area contributed by atoms with Gasteiger partial charge in [0.2, 0.25) is 0 Å². The van der Waals surface area contributed by atoms with E-state index in [0.717, 1.165) is 0 Å².